The summed E-state index contributed by atoms with van der Waals surface area (Å²) < 4.78 is 135. The number of ether oxygens (including phenoxy) is 1. The molecule has 1 atom stereocenters. The molecule has 0 aliphatic heterocycles. The van der Waals surface area contributed by atoms with Crippen LogP contribution in [0.25, 0.3) is 11.1 Å². The van der Waals surface area contributed by atoms with Crippen LogP contribution in [0.4, 0.5) is 45.5 Å². The number of aromatic nitrogens is 4. The summed E-state index contributed by atoms with van der Waals surface area (Å²) in [6, 6.07) is 5.78. The number of nitrogens with two attached hydrogens (primary N) is 1. The van der Waals surface area contributed by atoms with Gasteiger partial charge >= 0.3 is 0 Å². The van der Waals surface area contributed by atoms with Gasteiger partial charge in [-0.25, -0.2) is 40.7 Å². The summed E-state index contributed by atoms with van der Waals surface area (Å²) in [4.78, 5) is 34.3. The highest BCUT2D eigenvalue weighted by Gasteiger charge is 2.55. The van der Waals surface area contributed by atoms with Crippen LogP contribution in [-0.2, 0) is 34.3 Å². The van der Waals surface area contributed by atoms with Crippen molar-refractivity contribution in [3.05, 3.63) is 93.8 Å². The Kier molecular flexibility index (Phi) is 10.7. The molecule has 2 heterocycles. The zero-order chi connectivity index (χ0) is 37.2. The number of carbonyl (C=O) groups is 2. The Hall–Kier alpha value is -5.00. The minimum absolute atomic E-state index is 0.00307. The maximum absolute atomic E-state index is 15.0. The van der Waals surface area contributed by atoms with Crippen LogP contribution < -0.4 is 11.1 Å². The second-order valence-electron chi connectivity index (χ2n) is 11.9. The fourth-order valence-corrected chi connectivity index (χ4v) is 5.98. The number of hydrogen-bond acceptors (Lipinski definition) is 7. The number of rotatable bonds is 14. The maximum Gasteiger partial charge on any atom is 0.290 e. The highest BCUT2D eigenvalue weighted by molar-refractivity contribution is 5.94. The number of fused-ring (bicyclic) bond motifs is 1. The maximum atomic E-state index is 15.0. The highest BCUT2D eigenvalue weighted by atomic mass is 19.3. The molecule has 18 heteroatoms. The van der Waals surface area contributed by atoms with E-state index in [4.69, 9.17) is 10.5 Å². The second-order valence-corrected chi connectivity index (χ2v) is 11.9. The topological polar surface area (TPSA) is 125 Å². The molecule has 0 saturated heterocycles. The number of primary amides is 1. The molecule has 51 heavy (non-hydrogen) atoms. The van der Waals surface area contributed by atoms with E-state index in [0.29, 0.717) is 6.07 Å². The van der Waals surface area contributed by atoms with E-state index in [1.54, 1.807) is 0 Å². The van der Waals surface area contributed by atoms with Crippen LogP contribution in [0.5, 0.6) is 0 Å². The number of Topliss-reactive ketones (excluding diaryl/α,β-unsaturated/α-hetero) is 1. The van der Waals surface area contributed by atoms with Crippen LogP contribution in [0.1, 0.15) is 70.2 Å². The van der Waals surface area contributed by atoms with Crippen LogP contribution in [0.3, 0.4) is 0 Å². The lowest BCUT2D eigenvalue weighted by molar-refractivity contribution is -0.121. The highest BCUT2D eigenvalue weighted by Crippen LogP contribution is 2.52. The van der Waals surface area contributed by atoms with Gasteiger partial charge < -0.3 is 15.8 Å². The predicted molar refractivity (Wildman–Crippen MR) is 163 cm³/mol. The Morgan fingerprint density at radius 3 is 2.33 bits per heavy atom. The van der Waals surface area contributed by atoms with Crippen molar-refractivity contribution in [2.75, 3.05) is 25.6 Å². The minimum atomic E-state index is -4.07. The van der Waals surface area contributed by atoms with Crippen LogP contribution in [0.2, 0.25) is 0 Å². The van der Waals surface area contributed by atoms with Gasteiger partial charge in [-0.1, -0.05) is 6.07 Å². The molecule has 1 aliphatic rings. The number of anilines is 1. The third kappa shape index (κ3) is 8.16. The molecule has 272 valence electrons. The van der Waals surface area contributed by atoms with Crippen molar-refractivity contribution >= 4 is 17.6 Å². The molecular formula is C33H29F9N6O3. The summed E-state index contributed by atoms with van der Waals surface area (Å²) in [6.45, 7) is -0.772. The van der Waals surface area contributed by atoms with Gasteiger partial charge in [-0.15, -0.1) is 0 Å². The molecule has 5 rings (SSSR count). The van der Waals surface area contributed by atoms with Crippen LogP contribution in [0, 0.1) is 17.5 Å². The molecule has 0 fully saturated rings. The van der Waals surface area contributed by atoms with Crippen LogP contribution in [-0.4, -0.2) is 51.7 Å². The number of amides is 1. The van der Waals surface area contributed by atoms with Crippen molar-refractivity contribution in [1.82, 2.24) is 19.7 Å². The quantitative estimate of drug-likeness (QED) is 0.108. The first-order valence-electron chi connectivity index (χ1n) is 15.3. The van der Waals surface area contributed by atoms with Gasteiger partial charge in [0.15, 0.2) is 5.78 Å². The van der Waals surface area contributed by atoms with Crippen LogP contribution in [0.15, 0.2) is 42.6 Å². The number of carbonyl (C=O) groups excluding carboxylic acids is 2. The van der Waals surface area contributed by atoms with Gasteiger partial charge in [0, 0.05) is 56.7 Å². The molecular weight excluding hydrogens is 699 g/mol. The summed E-state index contributed by atoms with van der Waals surface area (Å²) >= 11 is 0. The van der Waals surface area contributed by atoms with Crippen molar-refractivity contribution in [1.29, 1.82) is 0 Å². The van der Waals surface area contributed by atoms with E-state index in [9.17, 15) is 40.3 Å². The predicted octanol–water partition coefficient (Wildman–Crippen LogP) is 6.82. The molecule has 0 unspecified atom stereocenters. The van der Waals surface area contributed by atoms with Crippen molar-refractivity contribution < 1.29 is 53.8 Å². The van der Waals surface area contributed by atoms with Gasteiger partial charge in [-0.3, -0.25) is 14.3 Å². The summed E-state index contributed by atoms with van der Waals surface area (Å²) in [5.74, 6) is -14.4. The van der Waals surface area contributed by atoms with E-state index < -0.39 is 102 Å². The number of methoxy groups -OCH3 is 1. The third-order valence-electron chi connectivity index (χ3n) is 8.19. The zero-order valence-electron chi connectivity index (χ0n) is 26.6. The lowest BCUT2D eigenvalue weighted by Crippen LogP contribution is -2.33. The molecule has 2 aromatic carbocycles. The smallest absolute Gasteiger partial charge is 0.290 e. The lowest BCUT2D eigenvalue weighted by Gasteiger charge is -2.29. The molecule has 4 aromatic rings. The fourth-order valence-electron chi connectivity index (χ4n) is 5.98. The Labute approximate surface area is 284 Å². The van der Waals surface area contributed by atoms with Crippen molar-refractivity contribution in [2.45, 2.75) is 56.4 Å². The first kappa shape index (κ1) is 37.3. The number of nitrogens with zero attached hydrogens (tertiary/aromatic N) is 4. The van der Waals surface area contributed by atoms with Gasteiger partial charge in [0.2, 0.25) is 5.95 Å². The average Bonchev–Trinajstić information content (AvgIpc) is 3.45. The Morgan fingerprint density at radius 2 is 1.69 bits per heavy atom. The molecule has 1 aliphatic carbocycles. The van der Waals surface area contributed by atoms with Crippen molar-refractivity contribution in [3.63, 3.8) is 0 Å². The van der Waals surface area contributed by atoms with Gasteiger partial charge in [0.05, 0.1) is 23.4 Å². The van der Waals surface area contributed by atoms with E-state index >= 15 is 8.78 Å². The summed E-state index contributed by atoms with van der Waals surface area (Å²) in [6.07, 6.45) is -6.27. The normalized spacial score (nSPS) is 15.4. The van der Waals surface area contributed by atoms with E-state index in [1.807, 2.05) is 0 Å². The van der Waals surface area contributed by atoms with Gasteiger partial charge in [0.1, 0.15) is 35.4 Å². The van der Waals surface area contributed by atoms with Crippen LogP contribution >= 0.6 is 0 Å². The Bertz CT molecular complexity index is 1930. The number of hydrogen-bond donors (Lipinski definition) is 2. The van der Waals surface area contributed by atoms with E-state index in [0.717, 1.165) is 24.3 Å². The van der Waals surface area contributed by atoms with Gasteiger partial charge in [-0.05, 0) is 41.8 Å². The summed E-state index contributed by atoms with van der Waals surface area (Å²) in [7, 11) is 1.43. The first-order chi connectivity index (χ1) is 24.0. The molecule has 0 saturated carbocycles. The lowest BCUT2D eigenvalue weighted by atomic mass is 9.86. The third-order valence-corrected chi connectivity index (χ3v) is 8.19. The van der Waals surface area contributed by atoms with E-state index in [-0.39, 0.29) is 52.6 Å². The molecule has 0 spiro atoms. The Morgan fingerprint density at radius 1 is 1.00 bits per heavy atom. The summed E-state index contributed by atoms with van der Waals surface area (Å²) in [5.41, 5.74) is 0.271. The summed E-state index contributed by atoms with van der Waals surface area (Å²) in [5, 5.41) is 6.20. The Balaban J connectivity index is 1.62. The SMILES string of the molecule is COCCNc1ncc(-c2ccc(F)c(C(N)=O)c2)c([C@@H](CC(=O)Cn2nc(C(F)F)c3c2C(F)(F)CCC3(F)F)Cc2cc(F)cc(F)c2)n1. The minimum Gasteiger partial charge on any atom is -0.383 e. The molecule has 0 radical (unpaired) electrons. The molecule has 9 nitrogen and oxygen atoms in total. The van der Waals surface area contributed by atoms with E-state index in [2.05, 4.69) is 20.4 Å². The largest absolute Gasteiger partial charge is 0.383 e. The van der Waals surface area contributed by atoms with Crippen molar-refractivity contribution in [2.24, 2.45) is 5.73 Å². The average molecular weight is 729 g/mol. The zero-order valence-corrected chi connectivity index (χ0v) is 26.6. The number of alkyl halides is 6. The second kappa shape index (κ2) is 14.7. The number of benzene rings is 2. The first-order valence-corrected chi connectivity index (χ1v) is 15.3. The molecule has 3 N–H and O–H groups in total. The molecule has 0 bridgehead atoms. The number of nitrogens with one attached hydrogen (secondary N) is 1. The molecule has 2 aromatic heterocycles. The van der Waals surface area contributed by atoms with E-state index in [1.165, 1.54) is 19.4 Å². The number of halogens is 9. The van der Waals surface area contributed by atoms with Gasteiger partial charge in [0.25, 0.3) is 24.2 Å². The van der Waals surface area contributed by atoms with Crippen molar-refractivity contribution in [3.8, 4) is 11.1 Å². The van der Waals surface area contributed by atoms with Gasteiger partial charge in [-0.2, -0.15) is 13.9 Å². The molecule has 1 amide bonds. The number of ketones is 1. The fraction of sp³-hybridized carbons (Fsp3) is 0.364. The standard InChI is InChI=1S/C33H29F9N6O3/c1-51-7-6-44-31-45-14-23(17-2-3-24(36)22(12-17)30(43)50)26(46-31)18(8-16-9-19(34)13-20(35)10-16)11-21(49)15-48-28-25(27(47-48)29(37)38)32(39,40)4-5-33(28,41)42/h2-3,9-10,12-14,18,29H,4-8,11,15H2,1H3,(H2,43,50)(H,44,45,46)/t18-/m1/s1. The monoisotopic (exact) mass is 728 g/mol.